The number of carbonyl (C=O) groups excluding carboxylic acids is 2. The number of benzene rings is 2. The second-order valence-corrected chi connectivity index (χ2v) is 7.48. The molecule has 154 valence electrons. The third kappa shape index (κ3) is 5.81. The van der Waals surface area contributed by atoms with E-state index in [4.69, 9.17) is 9.47 Å². The molecule has 1 aliphatic heterocycles. The average Bonchev–Trinajstić information content (AvgIpc) is 3.21. The maximum absolute atomic E-state index is 12.4. The Balaban J connectivity index is 1.52. The van der Waals surface area contributed by atoms with Crippen LogP contribution >= 0.6 is 0 Å². The van der Waals surface area contributed by atoms with Crippen LogP contribution in [0.2, 0.25) is 0 Å². The van der Waals surface area contributed by atoms with Gasteiger partial charge < -0.3 is 20.1 Å². The van der Waals surface area contributed by atoms with Crippen LogP contribution in [-0.2, 0) is 9.53 Å². The molecule has 6 nitrogen and oxygen atoms in total. The van der Waals surface area contributed by atoms with E-state index in [1.54, 1.807) is 24.3 Å². The van der Waals surface area contributed by atoms with Gasteiger partial charge in [-0.25, -0.2) is 0 Å². The van der Waals surface area contributed by atoms with Gasteiger partial charge >= 0.3 is 0 Å². The van der Waals surface area contributed by atoms with Crippen LogP contribution in [0.5, 0.6) is 5.75 Å². The average molecular weight is 396 g/mol. The summed E-state index contributed by atoms with van der Waals surface area (Å²) in [6.45, 7) is 7.08. The number of anilines is 1. The van der Waals surface area contributed by atoms with E-state index in [9.17, 15) is 9.59 Å². The molecule has 1 aliphatic rings. The van der Waals surface area contributed by atoms with Gasteiger partial charge in [0.15, 0.2) is 0 Å². The fourth-order valence-electron chi connectivity index (χ4n) is 3.52. The minimum absolute atomic E-state index is 0.105. The third-order valence-corrected chi connectivity index (χ3v) is 4.91. The van der Waals surface area contributed by atoms with Crippen molar-refractivity contribution in [2.45, 2.75) is 39.7 Å². The molecule has 2 aromatic rings. The zero-order valence-electron chi connectivity index (χ0n) is 17.2. The van der Waals surface area contributed by atoms with E-state index in [1.165, 1.54) is 0 Å². The van der Waals surface area contributed by atoms with Gasteiger partial charge in [-0.05, 0) is 62.9 Å². The molecule has 1 heterocycles. The highest BCUT2D eigenvalue weighted by Crippen LogP contribution is 2.22. The Hall–Kier alpha value is -2.86. The first kappa shape index (κ1) is 20.9. The lowest BCUT2D eigenvalue weighted by atomic mass is 10.1. The highest BCUT2D eigenvalue weighted by molar-refractivity contribution is 6.00. The quantitative estimate of drug-likeness (QED) is 0.751. The topological polar surface area (TPSA) is 76.7 Å². The molecule has 0 aliphatic carbocycles. The number of amides is 2. The minimum atomic E-state index is -0.319. The zero-order chi connectivity index (χ0) is 20.8. The molecule has 0 bridgehead atoms. The Kier molecular flexibility index (Phi) is 6.88. The molecule has 6 heteroatoms. The van der Waals surface area contributed by atoms with Crippen molar-refractivity contribution in [2.24, 2.45) is 0 Å². The number of nitrogens with one attached hydrogen (secondary N) is 2. The first-order valence-electron chi connectivity index (χ1n) is 9.93. The van der Waals surface area contributed by atoms with Crippen molar-refractivity contribution in [1.29, 1.82) is 0 Å². The lowest BCUT2D eigenvalue weighted by Crippen LogP contribution is -2.33. The molecule has 29 heavy (non-hydrogen) atoms. The Bertz CT molecular complexity index is 865. The highest BCUT2D eigenvalue weighted by atomic mass is 16.5. The summed E-state index contributed by atoms with van der Waals surface area (Å²) < 4.78 is 11.3. The fourth-order valence-corrected chi connectivity index (χ4v) is 3.52. The monoisotopic (exact) mass is 396 g/mol. The number of ether oxygens (including phenoxy) is 2. The van der Waals surface area contributed by atoms with Gasteiger partial charge in [0, 0.05) is 17.9 Å². The van der Waals surface area contributed by atoms with Crippen LogP contribution in [0.15, 0.2) is 36.4 Å². The fraction of sp³-hybridized carbons (Fsp3) is 0.391. The number of hydrogen-bond acceptors (Lipinski definition) is 4. The zero-order valence-corrected chi connectivity index (χ0v) is 17.2. The molecular weight excluding hydrogens is 368 g/mol. The van der Waals surface area contributed by atoms with Gasteiger partial charge in [-0.3, -0.25) is 9.59 Å². The molecular formula is C23H28N2O4. The Morgan fingerprint density at radius 2 is 1.90 bits per heavy atom. The largest absolute Gasteiger partial charge is 0.491 e. The van der Waals surface area contributed by atoms with Crippen molar-refractivity contribution >= 4 is 17.5 Å². The molecule has 2 amide bonds. The first-order chi connectivity index (χ1) is 13.9. The maximum Gasteiger partial charge on any atom is 0.251 e. The summed E-state index contributed by atoms with van der Waals surface area (Å²) in [5.41, 5.74) is 4.38. The SMILES string of the molecule is Cc1cc(C)c(NC(=O)CNC(=O)c2cccc(OC[C@@H]3CCCO3)c2)c(C)c1. The van der Waals surface area contributed by atoms with E-state index in [0.717, 1.165) is 41.8 Å². The van der Waals surface area contributed by atoms with Crippen LogP contribution in [0.4, 0.5) is 5.69 Å². The van der Waals surface area contributed by atoms with Gasteiger partial charge in [-0.2, -0.15) is 0 Å². The van der Waals surface area contributed by atoms with Crippen molar-refractivity contribution in [1.82, 2.24) is 5.32 Å². The lowest BCUT2D eigenvalue weighted by Gasteiger charge is -2.14. The number of aryl methyl sites for hydroxylation is 3. The van der Waals surface area contributed by atoms with Crippen LogP contribution in [0.1, 0.15) is 39.9 Å². The van der Waals surface area contributed by atoms with Crippen molar-refractivity contribution in [2.75, 3.05) is 25.1 Å². The smallest absolute Gasteiger partial charge is 0.251 e. The van der Waals surface area contributed by atoms with Crippen LogP contribution in [0.25, 0.3) is 0 Å². The molecule has 0 saturated carbocycles. The normalized spacial score (nSPS) is 15.8. The predicted molar refractivity (Wildman–Crippen MR) is 113 cm³/mol. The number of carbonyl (C=O) groups is 2. The minimum Gasteiger partial charge on any atom is -0.491 e. The summed E-state index contributed by atoms with van der Waals surface area (Å²) in [5, 5.41) is 5.55. The molecule has 0 unspecified atom stereocenters. The molecule has 2 N–H and O–H groups in total. The van der Waals surface area contributed by atoms with Gasteiger partial charge in [0.2, 0.25) is 5.91 Å². The Labute approximate surface area is 171 Å². The molecule has 0 radical (unpaired) electrons. The van der Waals surface area contributed by atoms with Crippen molar-refractivity contribution < 1.29 is 19.1 Å². The van der Waals surface area contributed by atoms with Crippen LogP contribution < -0.4 is 15.4 Å². The summed E-state index contributed by atoms with van der Waals surface area (Å²) >= 11 is 0. The third-order valence-electron chi connectivity index (χ3n) is 4.91. The molecule has 1 fully saturated rings. The van der Waals surface area contributed by atoms with Crippen LogP contribution in [0, 0.1) is 20.8 Å². The van der Waals surface area contributed by atoms with Crippen molar-refractivity contribution in [3.63, 3.8) is 0 Å². The van der Waals surface area contributed by atoms with Gasteiger partial charge in [-0.15, -0.1) is 0 Å². The van der Waals surface area contributed by atoms with Gasteiger partial charge in [0.25, 0.3) is 5.91 Å². The standard InChI is InChI=1S/C23H28N2O4/c1-15-10-16(2)22(17(3)11-15)25-21(26)13-24-23(27)18-6-4-7-19(12-18)29-14-20-8-5-9-28-20/h4,6-7,10-12,20H,5,8-9,13-14H2,1-3H3,(H,24,27)(H,25,26)/t20-/m0/s1. The van der Waals surface area contributed by atoms with E-state index in [-0.39, 0.29) is 24.5 Å². The summed E-state index contributed by atoms with van der Waals surface area (Å²) in [6, 6.07) is 11.0. The number of rotatable bonds is 7. The Morgan fingerprint density at radius 3 is 2.59 bits per heavy atom. The molecule has 3 rings (SSSR count). The van der Waals surface area contributed by atoms with E-state index in [0.29, 0.717) is 17.9 Å². The van der Waals surface area contributed by atoms with Gasteiger partial charge in [0.1, 0.15) is 12.4 Å². The van der Waals surface area contributed by atoms with Crippen molar-refractivity contribution in [3.05, 3.63) is 58.7 Å². The second kappa shape index (κ2) is 9.56. The molecule has 1 atom stereocenters. The van der Waals surface area contributed by atoms with Crippen molar-refractivity contribution in [3.8, 4) is 5.75 Å². The highest BCUT2D eigenvalue weighted by Gasteiger charge is 2.16. The summed E-state index contributed by atoms with van der Waals surface area (Å²) in [5.74, 6) is 0.0303. The van der Waals surface area contributed by atoms with E-state index in [2.05, 4.69) is 10.6 Å². The first-order valence-corrected chi connectivity index (χ1v) is 9.93. The van der Waals surface area contributed by atoms with E-state index >= 15 is 0 Å². The summed E-state index contributed by atoms with van der Waals surface area (Å²) in [6.07, 6.45) is 2.17. The molecule has 0 spiro atoms. The predicted octanol–water partition coefficient (Wildman–Crippen LogP) is 3.54. The van der Waals surface area contributed by atoms with Crippen LogP contribution in [-0.4, -0.2) is 37.7 Å². The summed E-state index contributed by atoms with van der Waals surface area (Å²) in [4.78, 5) is 24.7. The van der Waals surface area contributed by atoms with E-state index in [1.807, 2.05) is 32.9 Å². The summed E-state index contributed by atoms with van der Waals surface area (Å²) in [7, 11) is 0. The van der Waals surface area contributed by atoms with E-state index < -0.39 is 0 Å². The molecule has 1 saturated heterocycles. The van der Waals surface area contributed by atoms with Gasteiger partial charge in [-0.1, -0.05) is 23.8 Å². The Morgan fingerprint density at radius 1 is 1.14 bits per heavy atom. The van der Waals surface area contributed by atoms with Gasteiger partial charge in [0.05, 0.1) is 12.6 Å². The van der Waals surface area contributed by atoms with Crippen LogP contribution in [0.3, 0.4) is 0 Å². The molecule has 2 aromatic carbocycles. The second-order valence-electron chi connectivity index (χ2n) is 7.48. The maximum atomic E-state index is 12.4. The molecule has 0 aromatic heterocycles. The lowest BCUT2D eigenvalue weighted by molar-refractivity contribution is -0.115. The number of hydrogen-bond donors (Lipinski definition) is 2.